The Balaban J connectivity index is 2.22. The molecule has 1 aliphatic rings. The molecular weight excluding hydrogens is 212 g/mol. The number of allylic oxidation sites excluding steroid dienone is 1. The van der Waals surface area contributed by atoms with E-state index in [0.717, 1.165) is 24.2 Å². The van der Waals surface area contributed by atoms with Crippen LogP contribution in [0.3, 0.4) is 0 Å². The summed E-state index contributed by atoms with van der Waals surface area (Å²) in [6, 6.07) is 2.24. The number of aromatic nitrogens is 1. The highest BCUT2D eigenvalue weighted by atomic mass is 16.5. The van der Waals surface area contributed by atoms with Crippen LogP contribution in [0.5, 0.6) is 5.75 Å². The van der Waals surface area contributed by atoms with Crippen molar-refractivity contribution in [1.29, 1.82) is 0 Å². The molecule has 92 valence electrons. The highest BCUT2D eigenvalue weighted by Crippen LogP contribution is 2.27. The van der Waals surface area contributed by atoms with E-state index in [4.69, 9.17) is 10.5 Å². The molecular formula is C14H20N2O. The normalized spacial score (nSPS) is 20.6. The van der Waals surface area contributed by atoms with Gasteiger partial charge in [0.25, 0.3) is 0 Å². The van der Waals surface area contributed by atoms with Gasteiger partial charge in [-0.2, -0.15) is 0 Å². The maximum Gasteiger partial charge on any atom is 0.138 e. The summed E-state index contributed by atoms with van der Waals surface area (Å²) in [5, 5.41) is 0. The van der Waals surface area contributed by atoms with Crippen LogP contribution in [0.4, 0.5) is 0 Å². The fourth-order valence-electron chi connectivity index (χ4n) is 2.20. The van der Waals surface area contributed by atoms with E-state index in [9.17, 15) is 0 Å². The zero-order valence-corrected chi connectivity index (χ0v) is 10.4. The molecule has 3 nitrogen and oxygen atoms in total. The summed E-state index contributed by atoms with van der Waals surface area (Å²) in [7, 11) is 0. The second kappa shape index (κ2) is 5.82. The van der Waals surface area contributed by atoms with Crippen LogP contribution in [-0.2, 0) is 0 Å². The molecule has 0 fully saturated rings. The van der Waals surface area contributed by atoms with Gasteiger partial charge in [-0.25, -0.2) is 0 Å². The molecule has 0 radical (unpaired) electrons. The van der Waals surface area contributed by atoms with E-state index < -0.39 is 0 Å². The largest absolute Gasteiger partial charge is 0.492 e. The second-order valence-electron chi connectivity index (χ2n) is 4.44. The maximum absolute atomic E-state index is 6.03. The van der Waals surface area contributed by atoms with E-state index in [1.54, 1.807) is 6.20 Å². The zero-order chi connectivity index (χ0) is 12.1. The molecule has 0 aromatic carbocycles. The topological polar surface area (TPSA) is 48.1 Å². The highest BCUT2D eigenvalue weighted by Gasteiger charge is 2.10. The van der Waals surface area contributed by atoms with Gasteiger partial charge in [0.15, 0.2) is 0 Å². The molecule has 0 aliphatic heterocycles. The fraction of sp³-hybridized carbons (Fsp3) is 0.500. The molecule has 2 rings (SSSR count). The first-order valence-electron chi connectivity index (χ1n) is 6.34. The van der Waals surface area contributed by atoms with E-state index in [-0.39, 0.29) is 6.04 Å². The number of hydrogen-bond acceptors (Lipinski definition) is 3. The summed E-state index contributed by atoms with van der Waals surface area (Å²) in [5.74, 6) is 0.837. The molecule has 0 saturated heterocycles. The zero-order valence-electron chi connectivity index (χ0n) is 10.4. The molecule has 0 spiro atoms. The third-order valence-electron chi connectivity index (χ3n) is 3.04. The number of rotatable bonds is 3. The molecule has 1 atom stereocenters. The summed E-state index contributed by atoms with van der Waals surface area (Å²) in [6.45, 7) is 2.65. The van der Waals surface area contributed by atoms with Crippen molar-refractivity contribution in [2.45, 2.75) is 38.6 Å². The third kappa shape index (κ3) is 3.30. The van der Waals surface area contributed by atoms with Crippen LogP contribution >= 0.6 is 0 Å². The Kier molecular flexibility index (Phi) is 4.15. The van der Waals surface area contributed by atoms with Crippen molar-refractivity contribution in [3.05, 3.63) is 30.1 Å². The SMILES string of the molecule is CCOc1cncc(C2=CC(N)CCCC2)c1. The van der Waals surface area contributed by atoms with Gasteiger partial charge >= 0.3 is 0 Å². The summed E-state index contributed by atoms with van der Waals surface area (Å²) < 4.78 is 5.47. The predicted molar refractivity (Wildman–Crippen MR) is 69.8 cm³/mol. The Morgan fingerprint density at radius 1 is 1.41 bits per heavy atom. The summed E-state index contributed by atoms with van der Waals surface area (Å²) in [6.07, 6.45) is 10.4. The standard InChI is InChI=1S/C14H20N2O/c1-2-17-14-8-12(9-16-10-14)11-5-3-4-6-13(15)7-11/h7-10,13H,2-6,15H2,1H3. The first-order chi connectivity index (χ1) is 8.29. The minimum Gasteiger partial charge on any atom is -0.492 e. The lowest BCUT2D eigenvalue weighted by atomic mass is 10.0. The van der Waals surface area contributed by atoms with Crippen LogP contribution in [0.15, 0.2) is 24.5 Å². The van der Waals surface area contributed by atoms with Gasteiger partial charge in [0.2, 0.25) is 0 Å². The molecule has 2 N–H and O–H groups in total. The smallest absolute Gasteiger partial charge is 0.138 e. The van der Waals surface area contributed by atoms with Crippen molar-refractivity contribution >= 4 is 5.57 Å². The van der Waals surface area contributed by atoms with Gasteiger partial charge in [0.05, 0.1) is 12.8 Å². The monoisotopic (exact) mass is 232 g/mol. The predicted octanol–water partition coefficient (Wildman–Crippen LogP) is 2.77. The molecule has 0 bridgehead atoms. The first-order valence-corrected chi connectivity index (χ1v) is 6.34. The molecule has 1 aromatic rings. The van der Waals surface area contributed by atoms with Crippen LogP contribution in [-0.4, -0.2) is 17.6 Å². The van der Waals surface area contributed by atoms with Gasteiger partial charge in [-0.1, -0.05) is 12.5 Å². The van der Waals surface area contributed by atoms with Crippen molar-refractivity contribution in [2.24, 2.45) is 5.73 Å². The van der Waals surface area contributed by atoms with Crippen LogP contribution in [0.25, 0.3) is 5.57 Å². The number of nitrogens with zero attached hydrogens (tertiary/aromatic N) is 1. The van der Waals surface area contributed by atoms with Crippen molar-refractivity contribution in [1.82, 2.24) is 4.98 Å². The number of hydrogen-bond donors (Lipinski definition) is 1. The van der Waals surface area contributed by atoms with Crippen molar-refractivity contribution in [3.8, 4) is 5.75 Å². The van der Waals surface area contributed by atoms with E-state index in [1.807, 2.05) is 13.1 Å². The van der Waals surface area contributed by atoms with Gasteiger partial charge in [-0.3, -0.25) is 4.98 Å². The Labute approximate surface area is 103 Å². The molecule has 17 heavy (non-hydrogen) atoms. The molecule has 1 heterocycles. The van der Waals surface area contributed by atoms with E-state index >= 15 is 0 Å². The number of pyridine rings is 1. The van der Waals surface area contributed by atoms with Crippen molar-refractivity contribution < 1.29 is 4.74 Å². The molecule has 3 heteroatoms. The Bertz CT molecular complexity index is 401. The van der Waals surface area contributed by atoms with Crippen LogP contribution < -0.4 is 10.5 Å². The van der Waals surface area contributed by atoms with Crippen molar-refractivity contribution in [3.63, 3.8) is 0 Å². The highest BCUT2D eigenvalue weighted by molar-refractivity contribution is 5.66. The van der Waals surface area contributed by atoms with Gasteiger partial charge in [-0.05, 0) is 43.4 Å². The van der Waals surface area contributed by atoms with Gasteiger partial charge < -0.3 is 10.5 Å². The lowest BCUT2D eigenvalue weighted by molar-refractivity contribution is 0.338. The maximum atomic E-state index is 6.03. The summed E-state index contributed by atoms with van der Waals surface area (Å²) in [4.78, 5) is 4.23. The van der Waals surface area contributed by atoms with Crippen LogP contribution in [0, 0.1) is 0 Å². The van der Waals surface area contributed by atoms with Crippen molar-refractivity contribution in [2.75, 3.05) is 6.61 Å². The average molecular weight is 232 g/mol. The van der Waals surface area contributed by atoms with Crippen LogP contribution in [0.1, 0.15) is 38.2 Å². The molecule has 0 saturated carbocycles. The molecule has 1 unspecified atom stereocenters. The molecule has 0 amide bonds. The van der Waals surface area contributed by atoms with E-state index in [2.05, 4.69) is 17.1 Å². The van der Waals surface area contributed by atoms with Gasteiger partial charge in [0.1, 0.15) is 5.75 Å². The fourth-order valence-corrected chi connectivity index (χ4v) is 2.20. The third-order valence-corrected chi connectivity index (χ3v) is 3.04. The molecule has 1 aromatic heterocycles. The Morgan fingerprint density at radius 3 is 3.12 bits per heavy atom. The number of ether oxygens (including phenoxy) is 1. The lowest BCUT2D eigenvalue weighted by Gasteiger charge is -2.09. The summed E-state index contributed by atoms with van der Waals surface area (Å²) in [5.41, 5.74) is 8.49. The summed E-state index contributed by atoms with van der Waals surface area (Å²) >= 11 is 0. The van der Waals surface area contributed by atoms with E-state index in [1.165, 1.54) is 18.4 Å². The lowest BCUT2D eigenvalue weighted by Crippen LogP contribution is -2.15. The quantitative estimate of drug-likeness (QED) is 0.871. The van der Waals surface area contributed by atoms with Gasteiger partial charge in [-0.15, -0.1) is 0 Å². The first kappa shape index (κ1) is 12.1. The second-order valence-corrected chi connectivity index (χ2v) is 4.44. The van der Waals surface area contributed by atoms with Crippen LogP contribution in [0.2, 0.25) is 0 Å². The average Bonchev–Trinajstić information content (AvgIpc) is 2.55. The number of nitrogens with two attached hydrogens (primary N) is 1. The minimum atomic E-state index is 0.184. The Morgan fingerprint density at radius 2 is 2.29 bits per heavy atom. The van der Waals surface area contributed by atoms with Gasteiger partial charge in [0, 0.05) is 12.2 Å². The minimum absolute atomic E-state index is 0.184. The molecule has 1 aliphatic carbocycles. The van der Waals surface area contributed by atoms with E-state index in [0.29, 0.717) is 6.61 Å². The Hall–Kier alpha value is -1.35.